The maximum atomic E-state index is 6.40. The van der Waals surface area contributed by atoms with Gasteiger partial charge in [0.2, 0.25) is 0 Å². The van der Waals surface area contributed by atoms with Crippen molar-refractivity contribution in [2.45, 2.75) is 20.4 Å². The highest BCUT2D eigenvalue weighted by Crippen LogP contribution is 2.33. The highest BCUT2D eigenvalue weighted by molar-refractivity contribution is 6.33. The van der Waals surface area contributed by atoms with E-state index in [1.807, 2.05) is 18.2 Å². The number of nitrogens with zero attached hydrogens (tertiary/aromatic N) is 2. The molecule has 2 rings (SSSR count). The average Bonchev–Trinajstić information content (AvgIpc) is 2.43. The van der Waals surface area contributed by atoms with E-state index in [0.29, 0.717) is 11.6 Å². The number of aromatic nitrogens is 1. The van der Waals surface area contributed by atoms with Gasteiger partial charge in [0.1, 0.15) is 0 Å². The molecule has 0 aliphatic heterocycles. The van der Waals surface area contributed by atoms with Crippen molar-refractivity contribution in [1.82, 2.24) is 4.98 Å². The van der Waals surface area contributed by atoms with E-state index >= 15 is 0 Å². The van der Waals surface area contributed by atoms with Crippen molar-refractivity contribution in [3.63, 3.8) is 0 Å². The van der Waals surface area contributed by atoms with Gasteiger partial charge in [0.15, 0.2) is 5.82 Å². The Morgan fingerprint density at radius 1 is 1.26 bits per heavy atom. The molecule has 2 N–H and O–H groups in total. The summed E-state index contributed by atoms with van der Waals surface area (Å²) >= 11 is 6.40. The Morgan fingerprint density at radius 3 is 2.63 bits per heavy atom. The van der Waals surface area contributed by atoms with E-state index < -0.39 is 0 Å². The van der Waals surface area contributed by atoms with Crippen LogP contribution in [0.1, 0.15) is 18.1 Å². The zero-order valence-corrected chi connectivity index (χ0v) is 12.0. The van der Waals surface area contributed by atoms with Crippen LogP contribution in [0.5, 0.6) is 0 Å². The van der Waals surface area contributed by atoms with Crippen LogP contribution in [0.15, 0.2) is 36.5 Å². The summed E-state index contributed by atoms with van der Waals surface area (Å²) in [6, 6.07) is 10.1. The molecule has 0 spiro atoms. The highest BCUT2D eigenvalue weighted by Gasteiger charge is 2.15. The number of benzene rings is 1. The van der Waals surface area contributed by atoms with Crippen LogP contribution in [0.2, 0.25) is 5.02 Å². The number of anilines is 2. The first kappa shape index (κ1) is 13.8. The summed E-state index contributed by atoms with van der Waals surface area (Å²) in [5.74, 6) is 0.765. The van der Waals surface area contributed by atoms with Crippen molar-refractivity contribution in [3.8, 4) is 0 Å². The first-order valence-electron chi connectivity index (χ1n) is 6.35. The van der Waals surface area contributed by atoms with Gasteiger partial charge in [0.25, 0.3) is 0 Å². The molecule has 3 nitrogen and oxygen atoms in total. The molecule has 0 unspecified atom stereocenters. The van der Waals surface area contributed by atoms with Crippen LogP contribution in [-0.4, -0.2) is 11.5 Å². The van der Waals surface area contributed by atoms with Crippen molar-refractivity contribution in [1.29, 1.82) is 0 Å². The second kappa shape index (κ2) is 6.04. The van der Waals surface area contributed by atoms with Crippen molar-refractivity contribution >= 4 is 23.1 Å². The molecule has 0 atom stereocenters. The number of halogens is 1. The Kier molecular flexibility index (Phi) is 4.40. The van der Waals surface area contributed by atoms with E-state index in [1.165, 1.54) is 5.56 Å². The summed E-state index contributed by atoms with van der Waals surface area (Å²) < 4.78 is 0. The molecule has 0 bridgehead atoms. The zero-order valence-electron chi connectivity index (χ0n) is 11.2. The van der Waals surface area contributed by atoms with Crippen molar-refractivity contribution in [2.75, 3.05) is 11.4 Å². The van der Waals surface area contributed by atoms with E-state index in [1.54, 1.807) is 6.20 Å². The molecule has 0 fully saturated rings. The average molecular weight is 276 g/mol. The molecule has 1 aromatic carbocycles. The third-order valence-corrected chi connectivity index (χ3v) is 3.56. The Morgan fingerprint density at radius 2 is 2.00 bits per heavy atom. The SMILES string of the molecule is CCN(c1ccccc1C)c1nccc(CN)c1Cl. The number of rotatable bonds is 4. The summed E-state index contributed by atoms with van der Waals surface area (Å²) in [4.78, 5) is 6.52. The monoisotopic (exact) mass is 275 g/mol. The van der Waals surface area contributed by atoms with E-state index in [-0.39, 0.29) is 0 Å². The third kappa shape index (κ3) is 2.72. The van der Waals surface area contributed by atoms with Crippen LogP contribution in [0.3, 0.4) is 0 Å². The molecule has 100 valence electrons. The Hall–Kier alpha value is -1.58. The molecule has 2 aromatic rings. The van der Waals surface area contributed by atoms with Gasteiger partial charge >= 0.3 is 0 Å². The van der Waals surface area contributed by atoms with Crippen LogP contribution in [0.4, 0.5) is 11.5 Å². The molecular weight excluding hydrogens is 258 g/mol. The van der Waals surface area contributed by atoms with Gasteiger partial charge in [0, 0.05) is 25.0 Å². The van der Waals surface area contributed by atoms with Crippen LogP contribution in [0, 0.1) is 6.92 Å². The molecule has 0 amide bonds. The first-order valence-corrected chi connectivity index (χ1v) is 6.73. The smallest absolute Gasteiger partial charge is 0.152 e. The lowest BCUT2D eigenvalue weighted by Crippen LogP contribution is -2.19. The summed E-state index contributed by atoms with van der Waals surface area (Å²) in [5.41, 5.74) is 8.93. The quantitative estimate of drug-likeness (QED) is 0.926. The number of aryl methyl sites for hydroxylation is 1. The van der Waals surface area contributed by atoms with Gasteiger partial charge < -0.3 is 10.6 Å². The first-order chi connectivity index (χ1) is 9.19. The molecule has 0 radical (unpaired) electrons. The summed E-state index contributed by atoms with van der Waals surface area (Å²) in [7, 11) is 0. The Labute approximate surface area is 119 Å². The van der Waals surface area contributed by atoms with Crippen LogP contribution >= 0.6 is 11.6 Å². The standard InChI is InChI=1S/C15H18ClN3/c1-3-19(13-7-5-4-6-11(13)2)15-14(16)12(10-17)8-9-18-15/h4-9H,3,10,17H2,1-2H3. The minimum absolute atomic E-state index is 0.416. The summed E-state index contributed by atoms with van der Waals surface area (Å²) in [6.45, 7) is 5.38. The van der Waals surface area contributed by atoms with Gasteiger partial charge in [0.05, 0.1) is 5.02 Å². The Bertz CT molecular complexity index is 569. The van der Waals surface area contributed by atoms with Crippen LogP contribution in [-0.2, 0) is 6.54 Å². The third-order valence-electron chi connectivity index (χ3n) is 3.15. The highest BCUT2D eigenvalue weighted by atomic mass is 35.5. The lowest BCUT2D eigenvalue weighted by molar-refractivity contribution is 0.969. The topological polar surface area (TPSA) is 42.2 Å². The largest absolute Gasteiger partial charge is 0.326 e. The molecule has 1 aromatic heterocycles. The molecule has 1 heterocycles. The van der Waals surface area contributed by atoms with Crippen LogP contribution < -0.4 is 10.6 Å². The lowest BCUT2D eigenvalue weighted by atomic mass is 10.1. The molecule has 0 saturated heterocycles. The fourth-order valence-corrected chi connectivity index (χ4v) is 2.41. The number of nitrogens with two attached hydrogens (primary N) is 1. The van der Waals surface area contributed by atoms with Crippen molar-refractivity contribution in [3.05, 3.63) is 52.7 Å². The number of para-hydroxylation sites is 1. The summed E-state index contributed by atoms with van der Waals surface area (Å²) in [6.07, 6.45) is 1.75. The fraction of sp³-hybridized carbons (Fsp3) is 0.267. The van der Waals surface area contributed by atoms with E-state index in [9.17, 15) is 0 Å². The van der Waals surface area contributed by atoms with E-state index in [4.69, 9.17) is 17.3 Å². The second-order valence-corrected chi connectivity index (χ2v) is 4.72. The second-order valence-electron chi connectivity index (χ2n) is 4.34. The van der Waals surface area contributed by atoms with Gasteiger partial charge in [-0.05, 0) is 37.1 Å². The molecule has 0 aliphatic rings. The lowest BCUT2D eigenvalue weighted by Gasteiger charge is -2.25. The summed E-state index contributed by atoms with van der Waals surface area (Å²) in [5, 5.41) is 0.634. The van der Waals surface area contributed by atoms with Gasteiger partial charge in [-0.2, -0.15) is 0 Å². The number of pyridine rings is 1. The minimum Gasteiger partial charge on any atom is -0.326 e. The normalized spacial score (nSPS) is 10.5. The number of hydrogen-bond donors (Lipinski definition) is 1. The zero-order chi connectivity index (χ0) is 13.8. The van der Waals surface area contributed by atoms with Crippen LogP contribution in [0.25, 0.3) is 0 Å². The van der Waals surface area contributed by atoms with Crippen molar-refractivity contribution in [2.24, 2.45) is 5.73 Å². The molecule has 0 saturated carbocycles. The predicted molar refractivity (Wildman–Crippen MR) is 81.0 cm³/mol. The minimum atomic E-state index is 0.416. The van der Waals surface area contributed by atoms with Crippen molar-refractivity contribution < 1.29 is 0 Å². The van der Waals surface area contributed by atoms with Gasteiger partial charge in [-0.1, -0.05) is 29.8 Å². The van der Waals surface area contributed by atoms with Gasteiger partial charge in [-0.15, -0.1) is 0 Å². The fourth-order valence-electron chi connectivity index (χ4n) is 2.12. The molecule has 19 heavy (non-hydrogen) atoms. The van der Waals surface area contributed by atoms with E-state index in [2.05, 4.69) is 35.9 Å². The maximum absolute atomic E-state index is 6.40. The molecule has 0 aliphatic carbocycles. The number of hydrogen-bond acceptors (Lipinski definition) is 3. The maximum Gasteiger partial charge on any atom is 0.152 e. The predicted octanol–water partition coefficient (Wildman–Crippen LogP) is 3.66. The molecule has 4 heteroatoms. The van der Waals surface area contributed by atoms with E-state index in [0.717, 1.165) is 23.6 Å². The van der Waals surface area contributed by atoms with Gasteiger partial charge in [-0.3, -0.25) is 0 Å². The van der Waals surface area contributed by atoms with Gasteiger partial charge in [-0.25, -0.2) is 4.98 Å². The Balaban J connectivity index is 2.52. The molecular formula is C15H18ClN3.